The zero-order valence-electron chi connectivity index (χ0n) is 16.8. The van der Waals surface area contributed by atoms with Crippen LogP contribution in [-0.4, -0.2) is 43.9 Å². The molecule has 0 radical (unpaired) electrons. The zero-order valence-corrected chi connectivity index (χ0v) is 16.8. The van der Waals surface area contributed by atoms with E-state index in [-0.39, 0.29) is 11.2 Å². The van der Waals surface area contributed by atoms with Crippen LogP contribution in [0.5, 0.6) is 0 Å². The lowest BCUT2D eigenvalue weighted by Crippen LogP contribution is -2.41. The Morgan fingerprint density at radius 2 is 2.14 bits per heavy atom. The van der Waals surface area contributed by atoms with Crippen molar-refractivity contribution in [1.82, 2.24) is 24.3 Å². The number of aromatic nitrogens is 4. The number of imidazole rings is 1. The first-order valence-electron chi connectivity index (χ1n) is 10.0. The van der Waals surface area contributed by atoms with Gasteiger partial charge in [-0.1, -0.05) is 0 Å². The van der Waals surface area contributed by atoms with Crippen molar-refractivity contribution in [3.8, 4) is 17.6 Å². The SMILES string of the molecule is CC(C)(C#N)CN1CCC[C@@H](Cc2ccnc(-c3cnc4ccc(F)cn34)n2)C1. The van der Waals surface area contributed by atoms with Crippen molar-refractivity contribution in [1.29, 1.82) is 5.26 Å². The van der Waals surface area contributed by atoms with E-state index in [2.05, 4.69) is 20.9 Å². The van der Waals surface area contributed by atoms with Gasteiger partial charge in [0, 0.05) is 31.2 Å². The Kier molecular flexibility index (Phi) is 5.29. The van der Waals surface area contributed by atoms with E-state index >= 15 is 0 Å². The topological polar surface area (TPSA) is 70.1 Å². The number of pyridine rings is 1. The van der Waals surface area contributed by atoms with Crippen molar-refractivity contribution in [3.63, 3.8) is 0 Å². The average molecular weight is 392 g/mol. The number of rotatable bonds is 5. The first-order valence-corrected chi connectivity index (χ1v) is 10.0. The molecule has 0 unspecified atom stereocenters. The summed E-state index contributed by atoms with van der Waals surface area (Å²) in [5, 5.41) is 9.32. The Morgan fingerprint density at radius 3 is 2.97 bits per heavy atom. The number of hydrogen-bond donors (Lipinski definition) is 0. The predicted molar refractivity (Wildman–Crippen MR) is 108 cm³/mol. The third kappa shape index (κ3) is 4.43. The van der Waals surface area contributed by atoms with E-state index in [0.717, 1.165) is 44.6 Å². The zero-order chi connectivity index (χ0) is 20.4. The summed E-state index contributed by atoms with van der Waals surface area (Å²) in [6, 6.07) is 7.38. The van der Waals surface area contributed by atoms with Crippen LogP contribution >= 0.6 is 0 Å². The van der Waals surface area contributed by atoms with Crippen LogP contribution < -0.4 is 0 Å². The quantitative estimate of drug-likeness (QED) is 0.662. The van der Waals surface area contributed by atoms with E-state index < -0.39 is 0 Å². The fraction of sp³-hybridized carbons (Fsp3) is 0.455. The molecule has 0 bridgehead atoms. The van der Waals surface area contributed by atoms with Crippen molar-refractivity contribution in [3.05, 3.63) is 48.3 Å². The van der Waals surface area contributed by atoms with Gasteiger partial charge in [-0.2, -0.15) is 5.26 Å². The maximum absolute atomic E-state index is 13.7. The second kappa shape index (κ2) is 7.88. The van der Waals surface area contributed by atoms with E-state index in [1.54, 1.807) is 22.9 Å². The van der Waals surface area contributed by atoms with Gasteiger partial charge in [0.2, 0.25) is 0 Å². The van der Waals surface area contributed by atoms with Crippen LogP contribution in [0, 0.1) is 28.5 Å². The highest BCUT2D eigenvalue weighted by atomic mass is 19.1. The number of fused-ring (bicyclic) bond motifs is 1. The van der Waals surface area contributed by atoms with Crippen molar-refractivity contribution in [2.75, 3.05) is 19.6 Å². The van der Waals surface area contributed by atoms with Gasteiger partial charge in [-0.3, -0.25) is 4.40 Å². The number of nitrogens with zero attached hydrogens (tertiary/aromatic N) is 6. The molecule has 1 saturated heterocycles. The van der Waals surface area contributed by atoms with Crippen molar-refractivity contribution >= 4 is 5.65 Å². The first-order chi connectivity index (χ1) is 13.9. The molecule has 4 heterocycles. The molecule has 1 atom stereocenters. The summed E-state index contributed by atoms with van der Waals surface area (Å²) >= 11 is 0. The van der Waals surface area contributed by atoms with E-state index in [1.165, 1.54) is 12.3 Å². The third-order valence-corrected chi connectivity index (χ3v) is 5.43. The fourth-order valence-electron chi connectivity index (χ4n) is 4.10. The molecule has 1 fully saturated rings. The summed E-state index contributed by atoms with van der Waals surface area (Å²) in [5.41, 5.74) is 2.00. The normalized spacial score (nSPS) is 18.1. The van der Waals surface area contributed by atoms with Gasteiger partial charge in [-0.05, 0) is 63.8 Å². The fourth-order valence-corrected chi connectivity index (χ4v) is 4.10. The molecule has 0 spiro atoms. The summed E-state index contributed by atoms with van der Waals surface area (Å²) in [6.07, 6.45) is 8.00. The standard InChI is InChI=1S/C22H25FN6/c1-22(2,14-24)15-28-9-3-4-16(12-28)10-18-7-8-25-21(27-18)19-11-26-20-6-5-17(23)13-29(19)20/h5-8,11,13,16H,3-4,9-10,12,15H2,1-2H3/t16-/m0/s1. The van der Waals surface area contributed by atoms with E-state index in [9.17, 15) is 9.65 Å². The molecule has 6 nitrogen and oxygen atoms in total. The number of hydrogen-bond acceptors (Lipinski definition) is 5. The van der Waals surface area contributed by atoms with Crippen LogP contribution in [-0.2, 0) is 6.42 Å². The summed E-state index contributed by atoms with van der Waals surface area (Å²) in [7, 11) is 0. The molecule has 1 aliphatic heterocycles. The molecule has 0 saturated carbocycles. The van der Waals surface area contributed by atoms with Crippen LogP contribution in [0.1, 0.15) is 32.4 Å². The minimum absolute atomic E-state index is 0.324. The molecule has 0 aromatic carbocycles. The van der Waals surface area contributed by atoms with E-state index in [1.807, 2.05) is 19.9 Å². The van der Waals surface area contributed by atoms with Crippen LogP contribution in [0.3, 0.4) is 0 Å². The molecule has 150 valence electrons. The molecule has 0 aliphatic carbocycles. The number of halogens is 1. The van der Waals surface area contributed by atoms with Gasteiger partial charge in [0.1, 0.15) is 17.2 Å². The number of nitriles is 1. The summed E-state index contributed by atoms with van der Waals surface area (Å²) in [4.78, 5) is 15.8. The second-order valence-corrected chi connectivity index (χ2v) is 8.53. The molecule has 0 N–H and O–H groups in total. The monoisotopic (exact) mass is 392 g/mol. The van der Waals surface area contributed by atoms with Gasteiger partial charge in [-0.15, -0.1) is 0 Å². The number of piperidine rings is 1. The summed E-state index contributed by atoms with van der Waals surface area (Å²) in [6.45, 7) is 6.80. The first kappa shape index (κ1) is 19.5. The molecular formula is C22H25FN6. The molecule has 29 heavy (non-hydrogen) atoms. The van der Waals surface area contributed by atoms with Crippen molar-refractivity contribution in [2.24, 2.45) is 11.3 Å². The number of likely N-dealkylation sites (tertiary alicyclic amines) is 1. The van der Waals surface area contributed by atoms with Gasteiger partial charge in [-0.25, -0.2) is 19.3 Å². The average Bonchev–Trinajstić information content (AvgIpc) is 3.11. The maximum atomic E-state index is 13.7. The van der Waals surface area contributed by atoms with Crippen molar-refractivity contribution in [2.45, 2.75) is 33.1 Å². The van der Waals surface area contributed by atoms with Gasteiger partial charge in [0.05, 0.1) is 17.7 Å². The molecule has 0 amide bonds. The van der Waals surface area contributed by atoms with Gasteiger partial charge in [0.15, 0.2) is 5.82 Å². The van der Waals surface area contributed by atoms with Crippen LogP contribution in [0.4, 0.5) is 4.39 Å². The van der Waals surface area contributed by atoms with Gasteiger partial charge < -0.3 is 4.90 Å². The van der Waals surface area contributed by atoms with Crippen molar-refractivity contribution < 1.29 is 4.39 Å². The third-order valence-electron chi connectivity index (χ3n) is 5.43. The summed E-state index contributed by atoms with van der Waals surface area (Å²) in [5.74, 6) is 0.731. The Balaban J connectivity index is 1.50. The molecular weight excluding hydrogens is 367 g/mol. The predicted octanol–water partition coefficient (Wildman–Crippen LogP) is 3.73. The largest absolute Gasteiger partial charge is 0.301 e. The Hall–Kier alpha value is -2.85. The van der Waals surface area contributed by atoms with Crippen LogP contribution in [0.2, 0.25) is 0 Å². The highest BCUT2D eigenvalue weighted by Gasteiger charge is 2.26. The van der Waals surface area contributed by atoms with E-state index in [0.29, 0.717) is 23.1 Å². The van der Waals surface area contributed by atoms with Crippen LogP contribution in [0.25, 0.3) is 17.2 Å². The maximum Gasteiger partial charge on any atom is 0.178 e. The minimum Gasteiger partial charge on any atom is -0.301 e. The lowest BCUT2D eigenvalue weighted by atomic mass is 9.89. The second-order valence-electron chi connectivity index (χ2n) is 8.53. The van der Waals surface area contributed by atoms with Gasteiger partial charge >= 0.3 is 0 Å². The van der Waals surface area contributed by atoms with Gasteiger partial charge in [0.25, 0.3) is 0 Å². The summed E-state index contributed by atoms with van der Waals surface area (Å²) < 4.78 is 15.3. The lowest BCUT2D eigenvalue weighted by Gasteiger charge is -2.35. The molecule has 7 heteroatoms. The highest BCUT2D eigenvalue weighted by molar-refractivity contribution is 5.56. The Morgan fingerprint density at radius 1 is 1.28 bits per heavy atom. The molecule has 1 aliphatic rings. The molecule has 4 rings (SSSR count). The minimum atomic E-state index is -0.331. The Labute approximate surface area is 170 Å². The van der Waals surface area contributed by atoms with E-state index in [4.69, 9.17) is 4.98 Å². The Bertz CT molecular complexity index is 1050. The van der Waals surface area contributed by atoms with Crippen LogP contribution in [0.15, 0.2) is 36.8 Å². The smallest absolute Gasteiger partial charge is 0.178 e. The highest BCUT2D eigenvalue weighted by Crippen LogP contribution is 2.25. The molecule has 3 aromatic heterocycles. The molecule has 3 aromatic rings. The lowest BCUT2D eigenvalue weighted by molar-refractivity contribution is 0.140.